The van der Waals surface area contributed by atoms with Crippen LogP contribution < -0.4 is 21.7 Å². The van der Waals surface area contributed by atoms with Gasteiger partial charge in [0, 0.05) is 36.8 Å². The highest BCUT2D eigenvalue weighted by Crippen LogP contribution is 2.33. The van der Waals surface area contributed by atoms with Gasteiger partial charge in [0.1, 0.15) is 0 Å². The third-order valence-electron chi connectivity index (χ3n) is 7.13. The maximum absolute atomic E-state index is 12.5. The number of hydrogen-bond acceptors (Lipinski definition) is 7. The number of carbonyl (C=O) groups is 1. The number of nitrogens with two attached hydrogens (primary N) is 1. The molecule has 2 heterocycles. The molecule has 0 atom stereocenters. The van der Waals surface area contributed by atoms with Gasteiger partial charge in [-0.25, -0.2) is 4.98 Å². The molecule has 5 N–H and O–H groups in total. The molecule has 0 unspecified atom stereocenters. The minimum Gasteiger partial charge on any atom is -0.366 e. The average Bonchev–Trinajstić information content (AvgIpc) is 3.55. The van der Waals surface area contributed by atoms with E-state index >= 15 is 0 Å². The lowest BCUT2D eigenvalue weighted by molar-refractivity contribution is 0.0955. The molecule has 13 heteroatoms. The summed E-state index contributed by atoms with van der Waals surface area (Å²) in [4.78, 5) is 26.8. The summed E-state index contributed by atoms with van der Waals surface area (Å²) in [6.07, 6.45) is 10.6. The van der Waals surface area contributed by atoms with Gasteiger partial charge >= 0.3 is 0 Å². The third-order valence-corrected chi connectivity index (χ3v) is 7.87. The number of aromatic nitrogens is 4. The minimum atomic E-state index is -0.216. The predicted octanol–water partition coefficient (Wildman–Crippen LogP) is 5.62. The topological polar surface area (TPSA) is 123 Å². The van der Waals surface area contributed by atoms with Crippen molar-refractivity contribution >= 4 is 76.9 Å². The summed E-state index contributed by atoms with van der Waals surface area (Å²) in [5.74, 6) is 1.05. The van der Waals surface area contributed by atoms with Crippen LogP contribution in [-0.2, 0) is 0 Å². The third kappa shape index (κ3) is 7.12. The summed E-state index contributed by atoms with van der Waals surface area (Å²) in [5, 5.41) is 10.6. The molecule has 0 saturated heterocycles. The van der Waals surface area contributed by atoms with Crippen LogP contribution in [0.2, 0.25) is 10.0 Å². The van der Waals surface area contributed by atoms with E-state index in [1.807, 2.05) is 6.33 Å². The fourth-order valence-electron chi connectivity index (χ4n) is 5.10. The molecule has 0 radical (unpaired) electrons. The lowest BCUT2D eigenvalue weighted by Crippen LogP contribution is -2.33. The van der Waals surface area contributed by atoms with Gasteiger partial charge in [0.05, 0.1) is 16.4 Å². The lowest BCUT2D eigenvalue weighted by atomic mass is 9.92. The largest absolute Gasteiger partial charge is 0.366 e. The summed E-state index contributed by atoms with van der Waals surface area (Å²) in [5.41, 5.74) is 8.13. The second-order valence-corrected chi connectivity index (χ2v) is 10.5. The first-order chi connectivity index (χ1) is 17.5. The van der Waals surface area contributed by atoms with Crippen LogP contribution in [0.25, 0.3) is 11.2 Å². The molecule has 2 aliphatic rings. The van der Waals surface area contributed by atoms with Crippen LogP contribution in [0, 0.1) is 0 Å². The number of nitrogens with one attached hydrogen (secondary N) is 3. The molecule has 2 fully saturated rings. The van der Waals surface area contributed by atoms with E-state index in [2.05, 4.69) is 25.5 Å². The van der Waals surface area contributed by atoms with Crippen LogP contribution in [0.15, 0.2) is 24.5 Å². The van der Waals surface area contributed by atoms with E-state index in [-0.39, 0.29) is 36.8 Å². The van der Waals surface area contributed by atoms with Crippen LogP contribution in [0.1, 0.15) is 67.8 Å². The number of fused-ring (bicyclic) bond motifs is 1. The Morgan fingerprint density at radius 2 is 1.74 bits per heavy atom. The fraction of sp³-hybridized carbons (Fsp3) is 0.520. The van der Waals surface area contributed by atoms with Gasteiger partial charge < -0.3 is 26.3 Å². The zero-order valence-electron chi connectivity index (χ0n) is 21.0. The first kappa shape index (κ1) is 30.5. The minimum absolute atomic E-state index is 0. The van der Waals surface area contributed by atoms with E-state index in [0.717, 1.165) is 49.7 Å². The van der Waals surface area contributed by atoms with Crippen LogP contribution >= 0.6 is 48.0 Å². The van der Waals surface area contributed by atoms with Crippen molar-refractivity contribution in [2.45, 2.75) is 69.5 Å². The quantitative estimate of drug-likeness (QED) is 0.247. The second kappa shape index (κ2) is 13.8. The first-order valence-electron chi connectivity index (χ1n) is 12.7. The molecule has 208 valence electrons. The Hall–Kier alpha value is -2.04. The molecule has 2 aliphatic carbocycles. The van der Waals surface area contributed by atoms with E-state index in [1.54, 1.807) is 18.2 Å². The molecule has 1 aromatic carbocycles. The molecule has 2 saturated carbocycles. The molecule has 0 spiro atoms. The van der Waals surface area contributed by atoms with Crippen molar-refractivity contribution in [3.05, 3.63) is 40.1 Å². The van der Waals surface area contributed by atoms with Crippen LogP contribution in [0.3, 0.4) is 0 Å². The zero-order chi connectivity index (χ0) is 25.1. The van der Waals surface area contributed by atoms with Crippen molar-refractivity contribution in [1.29, 1.82) is 0 Å². The number of amides is 1. The number of rotatable bonds is 8. The average molecular weight is 604 g/mol. The Bertz CT molecular complexity index is 1230. The predicted molar refractivity (Wildman–Crippen MR) is 158 cm³/mol. The van der Waals surface area contributed by atoms with E-state index in [1.165, 1.54) is 12.8 Å². The van der Waals surface area contributed by atoms with Crippen molar-refractivity contribution < 1.29 is 4.79 Å². The van der Waals surface area contributed by atoms with Crippen molar-refractivity contribution in [1.82, 2.24) is 24.8 Å². The van der Waals surface area contributed by atoms with Gasteiger partial charge in [0.25, 0.3) is 5.91 Å². The molecule has 38 heavy (non-hydrogen) atoms. The Morgan fingerprint density at radius 3 is 2.45 bits per heavy atom. The highest BCUT2D eigenvalue weighted by Gasteiger charge is 2.24. The molecule has 0 bridgehead atoms. The lowest BCUT2D eigenvalue weighted by Gasteiger charge is -2.27. The number of nitrogens with zero attached hydrogens (tertiary/aromatic N) is 4. The van der Waals surface area contributed by atoms with E-state index in [9.17, 15) is 4.79 Å². The summed E-state index contributed by atoms with van der Waals surface area (Å²) in [6.45, 7) is 0.879. The summed E-state index contributed by atoms with van der Waals surface area (Å²) < 4.78 is 2.20. The van der Waals surface area contributed by atoms with Gasteiger partial charge in [-0.1, -0.05) is 36.0 Å². The normalized spacial score (nSPS) is 19.4. The number of benzene rings is 1. The maximum Gasteiger partial charge on any atom is 0.251 e. The molecular weight excluding hydrogens is 570 g/mol. The zero-order valence-corrected chi connectivity index (χ0v) is 24.1. The van der Waals surface area contributed by atoms with E-state index in [0.29, 0.717) is 52.5 Å². The highest BCUT2D eigenvalue weighted by molar-refractivity contribution is 6.42. The van der Waals surface area contributed by atoms with Crippen molar-refractivity contribution in [2.24, 2.45) is 5.73 Å². The summed E-state index contributed by atoms with van der Waals surface area (Å²) in [6, 6.07) is 5.84. The van der Waals surface area contributed by atoms with Gasteiger partial charge in [-0.3, -0.25) is 4.79 Å². The molecule has 1 amide bonds. The molecule has 5 rings (SSSR count). The van der Waals surface area contributed by atoms with Crippen molar-refractivity contribution in [2.75, 3.05) is 23.7 Å². The SMILES string of the molecule is Cl.Cl.NC1CCC(Nc2nc(NCCNC(=O)c3ccc(Cl)c(Cl)c3)c3ncn(C4CCCC4)c3n2)CC1. The number of halogens is 4. The molecule has 0 aliphatic heterocycles. The van der Waals surface area contributed by atoms with Gasteiger partial charge in [-0.2, -0.15) is 9.97 Å². The number of carbonyl (C=O) groups excluding carboxylic acids is 1. The van der Waals surface area contributed by atoms with Crippen LogP contribution in [0.4, 0.5) is 11.8 Å². The fourth-order valence-corrected chi connectivity index (χ4v) is 5.39. The molecule has 9 nitrogen and oxygen atoms in total. The smallest absolute Gasteiger partial charge is 0.251 e. The maximum atomic E-state index is 12.5. The van der Waals surface area contributed by atoms with E-state index < -0.39 is 0 Å². The van der Waals surface area contributed by atoms with Gasteiger partial charge in [0.2, 0.25) is 5.95 Å². The van der Waals surface area contributed by atoms with Gasteiger partial charge in [-0.05, 0) is 56.7 Å². The van der Waals surface area contributed by atoms with Crippen LogP contribution in [-0.4, -0.2) is 50.6 Å². The van der Waals surface area contributed by atoms with Gasteiger partial charge in [-0.15, -0.1) is 24.8 Å². The monoisotopic (exact) mass is 602 g/mol. The molecule has 3 aromatic rings. The van der Waals surface area contributed by atoms with Crippen molar-refractivity contribution in [3.63, 3.8) is 0 Å². The molecule has 2 aromatic heterocycles. The Labute approximate surface area is 244 Å². The Balaban J connectivity index is 0.00000200. The second-order valence-electron chi connectivity index (χ2n) is 9.73. The van der Waals surface area contributed by atoms with E-state index in [4.69, 9.17) is 38.9 Å². The summed E-state index contributed by atoms with van der Waals surface area (Å²) >= 11 is 12.0. The number of imidazole rings is 1. The Morgan fingerprint density at radius 1 is 1.00 bits per heavy atom. The van der Waals surface area contributed by atoms with Crippen molar-refractivity contribution in [3.8, 4) is 0 Å². The highest BCUT2D eigenvalue weighted by atomic mass is 35.5. The standard InChI is InChI=1S/C25H32Cl2N8O.2ClH/c26-19-10-5-15(13-20(19)27)24(36)30-12-11-29-22-21-23(35(14-31-21)18-3-1-2-4-18)34-25(33-22)32-17-8-6-16(28)7-9-17;;/h5,10,13-14,16-18H,1-4,6-9,11-12,28H2,(H,30,36)(H2,29,32,33,34);2*1H. The first-order valence-corrected chi connectivity index (χ1v) is 13.5. The number of hydrogen-bond donors (Lipinski definition) is 4. The Kier molecular flexibility index (Phi) is 11.1. The summed E-state index contributed by atoms with van der Waals surface area (Å²) in [7, 11) is 0. The van der Waals surface area contributed by atoms with Gasteiger partial charge in [0.15, 0.2) is 17.0 Å². The number of anilines is 2. The molecular formula is C25H34Cl4N8O. The van der Waals surface area contributed by atoms with Crippen LogP contribution in [0.5, 0.6) is 0 Å².